The topological polar surface area (TPSA) is 34.1 Å². The molecule has 0 saturated heterocycles. The highest BCUT2D eigenvalue weighted by Crippen LogP contribution is 2.29. The minimum Gasteiger partial charge on any atom is -0.437 e. The van der Waals surface area contributed by atoms with Crippen molar-refractivity contribution in [2.75, 3.05) is 6.54 Å². The zero-order chi connectivity index (χ0) is 15.2. The average Bonchev–Trinajstić information content (AvgIpc) is 2.44. The van der Waals surface area contributed by atoms with Gasteiger partial charge in [0.2, 0.25) is 5.88 Å². The van der Waals surface area contributed by atoms with E-state index >= 15 is 0 Å². The van der Waals surface area contributed by atoms with Gasteiger partial charge in [0, 0.05) is 18.3 Å². The molecule has 0 unspecified atom stereocenters. The number of aryl methyl sites for hydroxylation is 2. The summed E-state index contributed by atoms with van der Waals surface area (Å²) < 4.78 is 5.76. The summed E-state index contributed by atoms with van der Waals surface area (Å²) in [5.41, 5.74) is 3.26. The highest BCUT2D eigenvalue weighted by atomic mass is 35.5. The van der Waals surface area contributed by atoms with Gasteiger partial charge in [-0.05, 0) is 50.1 Å². The molecule has 0 spiro atoms. The molecule has 21 heavy (non-hydrogen) atoms. The average molecular weight is 305 g/mol. The summed E-state index contributed by atoms with van der Waals surface area (Å²) in [7, 11) is 0. The van der Waals surface area contributed by atoms with Crippen molar-refractivity contribution >= 4 is 11.6 Å². The first-order chi connectivity index (χ1) is 10.1. The second kappa shape index (κ2) is 7.43. The summed E-state index contributed by atoms with van der Waals surface area (Å²) in [5.74, 6) is 1.20. The summed E-state index contributed by atoms with van der Waals surface area (Å²) in [6.07, 6.45) is 1.12. The molecule has 0 aliphatic heterocycles. The molecule has 0 saturated carbocycles. The van der Waals surface area contributed by atoms with Gasteiger partial charge in [0.25, 0.3) is 0 Å². The van der Waals surface area contributed by atoms with Gasteiger partial charge in [0.1, 0.15) is 5.75 Å². The van der Waals surface area contributed by atoms with E-state index < -0.39 is 0 Å². The molecule has 1 aromatic carbocycles. The van der Waals surface area contributed by atoms with Gasteiger partial charge in [-0.15, -0.1) is 0 Å². The van der Waals surface area contributed by atoms with Gasteiger partial charge in [-0.25, -0.2) is 4.98 Å². The molecule has 112 valence electrons. The Morgan fingerprint density at radius 3 is 2.67 bits per heavy atom. The van der Waals surface area contributed by atoms with E-state index in [1.807, 2.05) is 44.2 Å². The molecule has 0 radical (unpaired) electrons. The number of halogens is 1. The van der Waals surface area contributed by atoms with Gasteiger partial charge >= 0.3 is 0 Å². The lowest BCUT2D eigenvalue weighted by atomic mass is 10.2. The summed E-state index contributed by atoms with van der Waals surface area (Å²) in [4.78, 5) is 4.49. The minimum absolute atomic E-state index is 0.567. The van der Waals surface area contributed by atoms with E-state index in [0.717, 1.165) is 30.8 Å². The maximum absolute atomic E-state index is 6.17. The van der Waals surface area contributed by atoms with Crippen molar-refractivity contribution in [3.63, 3.8) is 0 Å². The Hall–Kier alpha value is -1.58. The van der Waals surface area contributed by atoms with Crippen molar-refractivity contribution < 1.29 is 4.74 Å². The zero-order valence-electron chi connectivity index (χ0n) is 12.7. The summed E-state index contributed by atoms with van der Waals surface area (Å²) in [6.45, 7) is 7.98. The molecule has 0 aliphatic carbocycles. The van der Waals surface area contributed by atoms with Crippen molar-refractivity contribution in [3.8, 4) is 11.6 Å². The number of pyridine rings is 1. The van der Waals surface area contributed by atoms with Gasteiger partial charge < -0.3 is 10.1 Å². The quantitative estimate of drug-likeness (QED) is 0.789. The summed E-state index contributed by atoms with van der Waals surface area (Å²) >= 11 is 6.17. The highest BCUT2D eigenvalue weighted by Gasteiger charge is 2.06. The second-order valence-electron chi connectivity index (χ2n) is 5.11. The van der Waals surface area contributed by atoms with Crippen LogP contribution in [0.5, 0.6) is 11.6 Å². The molecule has 0 bridgehead atoms. The fourth-order valence-corrected chi connectivity index (χ4v) is 2.29. The third-order valence-electron chi connectivity index (χ3n) is 3.21. The van der Waals surface area contributed by atoms with Crippen LogP contribution in [0.25, 0.3) is 0 Å². The maximum Gasteiger partial charge on any atom is 0.219 e. The largest absolute Gasteiger partial charge is 0.437 e. The Kier molecular flexibility index (Phi) is 5.59. The Bertz CT molecular complexity index is 614. The van der Waals surface area contributed by atoms with Gasteiger partial charge in [0.05, 0.1) is 5.02 Å². The normalized spacial score (nSPS) is 10.7. The van der Waals surface area contributed by atoms with Crippen LogP contribution in [0, 0.1) is 13.8 Å². The number of rotatable bonds is 6. The van der Waals surface area contributed by atoms with Gasteiger partial charge in [-0.1, -0.05) is 30.7 Å². The standard InChI is InChI=1S/C17H21ClN2O/c1-4-9-19-11-14-6-8-17(20-13(14)3)21-16-7-5-12(2)10-15(16)18/h5-8,10,19H,4,9,11H2,1-3H3. The molecule has 0 amide bonds. The fraction of sp³-hybridized carbons (Fsp3) is 0.353. The smallest absolute Gasteiger partial charge is 0.219 e. The molecule has 2 aromatic rings. The first-order valence-electron chi connectivity index (χ1n) is 7.21. The third-order valence-corrected chi connectivity index (χ3v) is 3.51. The zero-order valence-corrected chi connectivity index (χ0v) is 13.5. The lowest BCUT2D eigenvalue weighted by molar-refractivity contribution is 0.461. The first kappa shape index (κ1) is 15.8. The van der Waals surface area contributed by atoms with E-state index in [1.165, 1.54) is 5.56 Å². The van der Waals surface area contributed by atoms with Crippen LogP contribution in [-0.2, 0) is 6.54 Å². The van der Waals surface area contributed by atoms with Crippen LogP contribution >= 0.6 is 11.6 Å². The van der Waals surface area contributed by atoms with E-state index in [4.69, 9.17) is 16.3 Å². The number of hydrogen-bond acceptors (Lipinski definition) is 3. The molecular formula is C17H21ClN2O. The second-order valence-corrected chi connectivity index (χ2v) is 5.51. The SMILES string of the molecule is CCCNCc1ccc(Oc2ccc(C)cc2Cl)nc1C. The Morgan fingerprint density at radius 1 is 1.19 bits per heavy atom. The fourth-order valence-electron chi connectivity index (χ4n) is 2.01. The maximum atomic E-state index is 6.17. The molecule has 1 N–H and O–H groups in total. The molecule has 2 rings (SSSR count). The summed E-state index contributed by atoms with van der Waals surface area (Å²) in [6, 6.07) is 9.64. The van der Waals surface area contributed by atoms with E-state index in [-0.39, 0.29) is 0 Å². The van der Waals surface area contributed by atoms with Crippen LogP contribution in [0.3, 0.4) is 0 Å². The summed E-state index contributed by atoms with van der Waals surface area (Å²) in [5, 5.41) is 3.97. The number of hydrogen-bond donors (Lipinski definition) is 1. The molecule has 1 heterocycles. The van der Waals surface area contributed by atoms with Crippen LogP contribution in [0.2, 0.25) is 5.02 Å². The van der Waals surface area contributed by atoms with Crippen LogP contribution in [-0.4, -0.2) is 11.5 Å². The monoisotopic (exact) mass is 304 g/mol. The predicted octanol–water partition coefficient (Wildman–Crippen LogP) is 4.64. The molecule has 0 aliphatic rings. The molecule has 0 atom stereocenters. The van der Waals surface area contributed by atoms with E-state index in [9.17, 15) is 0 Å². The third kappa shape index (κ3) is 4.45. The number of nitrogens with one attached hydrogen (secondary N) is 1. The van der Waals surface area contributed by atoms with Crippen molar-refractivity contribution in [2.45, 2.75) is 33.7 Å². The molecule has 3 nitrogen and oxygen atoms in total. The molecule has 0 fully saturated rings. The molecular weight excluding hydrogens is 284 g/mol. The molecule has 1 aromatic heterocycles. The van der Waals surface area contributed by atoms with Crippen molar-refractivity contribution in [2.24, 2.45) is 0 Å². The number of ether oxygens (including phenoxy) is 1. The lowest BCUT2D eigenvalue weighted by Gasteiger charge is -2.10. The van der Waals surface area contributed by atoms with Gasteiger partial charge in [-0.3, -0.25) is 0 Å². The highest BCUT2D eigenvalue weighted by molar-refractivity contribution is 6.32. The van der Waals surface area contributed by atoms with Crippen LogP contribution < -0.4 is 10.1 Å². The van der Waals surface area contributed by atoms with E-state index in [1.54, 1.807) is 0 Å². The van der Waals surface area contributed by atoms with Crippen molar-refractivity contribution in [1.29, 1.82) is 0 Å². The van der Waals surface area contributed by atoms with Crippen LogP contribution in [0.4, 0.5) is 0 Å². The van der Waals surface area contributed by atoms with E-state index in [2.05, 4.69) is 17.2 Å². The predicted molar refractivity (Wildman–Crippen MR) is 87.2 cm³/mol. The van der Waals surface area contributed by atoms with E-state index in [0.29, 0.717) is 16.7 Å². The Balaban J connectivity index is 2.09. The van der Waals surface area contributed by atoms with Crippen LogP contribution in [0.1, 0.15) is 30.2 Å². The first-order valence-corrected chi connectivity index (χ1v) is 7.59. The van der Waals surface area contributed by atoms with Crippen molar-refractivity contribution in [1.82, 2.24) is 10.3 Å². The Labute approximate surface area is 131 Å². The number of aromatic nitrogens is 1. The lowest BCUT2D eigenvalue weighted by Crippen LogP contribution is -2.15. The van der Waals surface area contributed by atoms with Crippen LogP contribution in [0.15, 0.2) is 30.3 Å². The van der Waals surface area contributed by atoms with Gasteiger partial charge in [-0.2, -0.15) is 0 Å². The number of nitrogens with zero attached hydrogens (tertiary/aromatic N) is 1. The minimum atomic E-state index is 0.567. The Morgan fingerprint density at radius 2 is 2.00 bits per heavy atom. The number of benzene rings is 1. The van der Waals surface area contributed by atoms with Gasteiger partial charge in [0.15, 0.2) is 0 Å². The molecule has 4 heteroatoms. The van der Waals surface area contributed by atoms with Crippen molar-refractivity contribution in [3.05, 3.63) is 52.2 Å².